The molecular weight excluding hydrogens is 356 g/mol. The van der Waals surface area contributed by atoms with Crippen molar-refractivity contribution in [3.05, 3.63) is 47.0 Å². The number of ether oxygens (including phenoxy) is 3. The van der Waals surface area contributed by atoms with Crippen LogP contribution < -0.4 is 24.8 Å². The fraction of sp³-hybridized carbons (Fsp3) is 0.316. The van der Waals surface area contributed by atoms with Gasteiger partial charge in [-0.1, -0.05) is 29.8 Å². The summed E-state index contributed by atoms with van der Waals surface area (Å²) >= 11 is 6.11. The molecule has 2 amide bonds. The minimum atomic E-state index is -0.349. The van der Waals surface area contributed by atoms with E-state index < -0.39 is 0 Å². The van der Waals surface area contributed by atoms with Crippen LogP contribution in [0.3, 0.4) is 0 Å². The first-order valence-electron chi connectivity index (χ1n) is 8.26. The van der Waals surface area contributed by atoms with Gasteiger partial charge >= 0.3 is 6.03 Å². The molecule has 0 saturated heterocycles. The first-order chi connectivity index (χ1) is 12.6. The lowest BCUT2D eigenvalue weighted by Crippen LogP contribution is -2.30. The summed E-state index contributed by atoms with van der Waals surface area (Å²) in [5.74, 6) is 1.77. The van der Waals surface area contributed by atoms with E-state index in [9.17, 15) is 4.79 Å². The first kappa shape index (κ1) is 19.7. The second-order valence-electron chi connectivity index (χ2n) is 5.36. The van der Waals surface area contributed by atoms with Gasteiger partial charge in [-0.25, -0.2) is 4.79 Å². The second-order valence-corrected chi connectivity index (χ2v) is 5.77. The number of carbonyl (C=O) groups excluding carboxylic acids is 1. The van der Waals surface area contributed by atoms with Gasteiger partial charge in [0.2, 0.25) is 0 Å². The number of hydrogen-bond donors (Lipinski definition) is 2. The molecule has 0 atom stereocenters. The fourth-order valence-corrected chi connectivity index (χ4v) is 2.68. The lowest BCUT2D eigenvalue weighted by molar-refractivity contribution is 0.252. The molecule has 0 saturated carbocycles. The molecule has 0 heterocycles. The SMILES string of the molecule is CCOc1ccccc1CCNC(=O)Nc1cc(Cl)c(OC)cc1OC. The molecule has 2 aromatic rings. The fourth-order valence-electron chi connectivity index (χ4n) is 2.44. The van der Waals surface area contributed by atoms with Crippen LogP contribution in [0.1, 0.15) is 12.5 Å². The van der Waals surface area contributed by atoms with E-state index in [1.54, 1.807) is 12.1 Å². The van der Waals surface area contributed by atoms with Crippen LogP contribution >= 0.6 is 11.6 Å². The Hall–Kier alpha value is -2.60. The third-order valence-electron chi connectivity index (χ3n) is 3.67. The Kier molecular flexibility index (Phi) is 7.41. The van der Waals surface area contributed by atoms with E-state index in [1.165, 1.54) is 14.2 Å². The smallest absolute Gasteiger partial charge is 0.319 e. The average Bonchev–Trinajstić information content (AvgIpc) is 2.63. The molecule has 0 aliphatic carbocycles. The van der Waals surface area contributed by atoms with Crippen LogP contribution in [0, 0.1) is 0 Å². The van der Waals surface area contributed by atoms with Gasteiger partial charge in [0.1, 0.15) is 17.2 Å². The number of urea groups is 1. The number of nitrogens with one attached hydrogen (secondary N) is 2. The minimum absolute atomic E-state index is 0.349. The molecule has 26 heavy (non-hydrogen) atoms. The van der Waals surface area contributed by atoms with E-state index in [2.05, 4.69) is 10.6 Å². The maximum atomic E-state index is 12.2. The van der Waals surface area contributed by atoms with Crippen molar-refractivity contribution in [3.63, 3.8) is 0 Å². The summed E-state index contributed by atoms with van der Waals surface area (Å²) in [6.45, 7) is 3.00. The number of halogens is 1. The topological polar surface area (TPSA) is 68.8 Å². The normalized spacial score (nSPS) is 10.2. The Morgan fingerprint density at radius 1 is 1.08 bits per heavy atom. The van der Waals surface area contributed by atoms with Crippen LogP contribution in [0.15, 0.2) is 36.4 Å². The Balaban J connectivity index is 1.94. The average molecular weight is 379 g/mol. The number of carbonyl (C=O) groups is 1. The highest BCUT2D eigenvalue weighted by Crippen LogP contribution is 2.35. The predicted molar refractivity (Wildman–Crippen MR) is 103 cm³/mol. The first-order valence-corrected chi connectivity index (χ1v) is 8.63. The molecule has 0 aliphatic rings. The van der Waals surface area contributed by atoms with Gasteiger partial charge in [-0.15, -0.1) is 0 Å². The van der Waals surface area contributed by atoms with Crippen LogP contribution in [0.25, 0.3) is 0 Å². The zero-order valence-electron chi connectivity index (χ0n) is 15.1. The summed E-state index contributed by atoms with van der Waals surface area (Å²) in [6.07, 6.45) is 0.657. The Labute approximate surface area is 158 Å². The van der Waals surface area contributed by atoms with E-state index in [0.717, 1.165) is 11.3 Å². The summed E-state index contributed by atoms with van der Waals surface area (Å²) in [4.78, 5) is 12.2. The number of rotatable bonds is 8. The van der Waals surface area contributed by atoms with Crippen molar-refractivity contribution in [3.8, 4) is 17.2 Å². The highest BCUT2D eigenvalue weighted by Gasteiger charge is 2.12. The van der Waals surface area contributed by atoms with Crippen molar-refractivity contribution in [2.75, 3.05) is 32.7 Å². The standard InChI is InChI=1S/C19H23ClN2O4/c1-4-26-16-8-6-5-7-13(16)9-10-21-19(23)22-15-11-14(20)17(24-2)12-18(15)25-3/h5-8,11-12H,4,9-10H2,1-3H3,(H2,21,22,23). The number of amides is 2. The number of para-hydroxylation sites is 1. The molecule has 0 aliphatic heterocycles. The monoisotopic (exact) mass is 378 g/mol. The Morgan fingerprint density at radius 2 is 1.81 bits per heavy atom. The molecule has 2 aromatic carbocycles. The summed E-state index contributed by atoms with van der Waals surface area (Å²) in [6, 6.07) is 10.6. The zero-order chi connectivity index (χ0) is 18.9. The van der Waals surface area contributed by atoms with Crippen LogP contribution in [0.5, 0.6) is 17.2 Å². The second kappa shape index (κ2) is 9.77. The highest BCUT2D eigenvalue weighted by atomic mass is 35.5. The van der Waals surface area contributed by atoms with Gasteiger partial charge in [0, 0.05) is 12.6 Å². The molecule has 140 valence electrons. The molecule has 0 spiro atoms. The molecule has 0 radical (unpaired) electrons. The highest BCUT2D eigenvalue weighted by molar-refractivity contribution is 6.32. The van der Waals surface area contributed by atoms with Gasteiger partial charge < -0.3 is 24.8 Å². The van der Waals surface area contributed by atoms with Crippen LogP contribution in [0.4, 0.5) is 10.5 Å². The van der Waals surface area contributed by atoms with Crippen LogP contribution in [-0.4, -0.2) is 33.4 Å². The molecular formula is C19H23ClN2O4. The largest absolute Gasteiger partial charge is 0.495 e. The maximum Gasteiger partial charge on any atom is 0.319 e. The van der Waals surface area contributed by atoms with Gasteiger partial charge in [-0.3, -0.25) is 0 Å². The summed E-state index contributed by atoms with van der Waals surface area (Å²) in [5.41, 5.74) is 1.50. The maximum absolute atomic E-state index is 12.2. The summed E-state index contributed by atoms with van der Waals surface area (Å²) < 4.78 is 16.0. The number of benzene rings is 2. The van der Waals surface area contributed by atoms with Crippen molar-refractivity contribution < 1.29 is 19.0 Å². The Morgan fingerprint density at radius 3 is 2.50 bits per heavy atom. The minimum Gasteiger partial charge on any atom is -0.495 e. The number of anilines is 1. The van der Waals surface area contributed by atoms with E-state index in [1.807, 2.05) is 31.2 Å². The lowest BCUT2D eigenvalue weighted by atomic mass is 10.1. The van der Waals surface area contributed by atoms with E-state index in [-0.39, 0.29) is 6.03 Å². The number of methoxy groups -OCH3 is 2. The zero-order valence-corrected chi connectivity index (χ0v) is 15.9. The molecule has 2 rings (SSSR count). The number of hydrogen-bond acceptors (Lipinski definition) is 4. The third kappa shape index (κ3) is 5.20. The van der Waals surface area contributed by atoms with Gasteiger partial charge in [0.05, 0.1) is 31.5 Å². The van der Waals surface area contributed by atoms with E-state index >= 15 is 0 Å². The molecule has 0 unspecified atom stereocenters. The van der Waals surface area contributed by atoms with Crippen molar-refractivity contribution in [1.82, 2.24) is 5.32 Å². The van der Waals surface area contributed by atoms with E-state index in [4.69, 9.17) is 25.8 Å². The predicted octanol–water partition coefficient (Wildman–Crippen LogP) is 4.12. The van der Waals surface area contributed by atoms with Crippen molar-refractivity contribution in [2.45, 2.75) is 13.3 Å². The van der Waals surface area contributed by atoms with E-state index in [0.29, 0.717) is 41.8 Å². The Bertz CT molecular complexity index is 752. The van der Waals surface area contributed by atoms with Crippen LogP contribution in [-0.2, 0) is 6.42 Å². The summed E-state index contributed by atoms with van der Waals surface area (Å²) in [5, 5.41) is 5.93. The van der Waals surface area contributed by atoms with Crippen molar-refractivity contribution >= 4 is 23.3 Å². The van der Waals surface area contributed by atoms with Gasteiger partial charge in [-0.2, -0.15) is 0 Å². The molecule has 7 heteroatoms. The molecule has 6 nitrogen and oxygen atoms in total. The van der Waals surface area contributed by atoms with Crippen molar-refractivity contribution in [2.24, 2.45) is 0 Å². The van der Waals surface area contributed by atoms with Crippen molar-refractivity contribution in [1.29, 1.82) is 0 Å². The molecule has 0 aromatic heterocycles. The van der Waals surface area contributed by atoms with Crippen LogP contribution in [0.2, 0.25) is 5.02 Å². The van der Waals surface area contributed by atoms with Gasteiger partial charge in [-0.05, 0) is 31.0 Å². The lowest BCUT2D eigenvalue weighted by Gasteiger charge is -2.14. The summed E-state index contributed by atoms with van der Waals surface area (Å²) in [7, 11) is 3.02. The molecule has 0 bridgehead atoms. The molecule has 0 fully saturated rings. The van der Waals surface area contributed by atoms with Gasteiger partial charge in [0.25, 0.3) is 0 Å². The van der Waals surface area contributed by atoms with Gasteiger partial charge in [0.15, 0.2) is 0 Å². The molecule has 2 N–H and O–H groups in total. The quantitative estimate of drug-likeness (QED) is 0.725. The third-order valence-corrected chi connectivity index (χ3v) is 3.97.